The molecule has 1 atom stereocenters. The van der Waals surface area contributed by atoms with Gasteiger partial charge in [0.25, 0.3) is 5.91 Å². The molecule has 1 aliphatic heterocycles. The fourth-order valence-electron chi connectivity index (χ4n) is 5.63. The average molecular weight is 562 g/mol. The van der Waals surface area contributed by atoms with Gasteiger partial charge in [0.05, 0.1) is 11.5 Å². The lowest BCUT2D eigenvalue weighted by Crippen LogP contribution is -2.42. The molecule has 2 amide bonds. The molecule has 0 bridgehead atoms. The fraction of sp³-hybridized carbons (Fsp3) is 0.278. The maximum Gasteiger partial charge on any atom is 0.259 e. The molecule has 1 aliphatic rings. The van der Waals surface area contributed by atoms with Crippen molar-refractivity contribution in [2.75, 3.05) is 23.3 Å². The highest BCUT2D eigenvalue weighted by molar-refractivity contribution is 6.06. The number of piperidine rings is 1. The molecule has 1 fully saturated rings. The Morgan fingerprint density at radius 3 is 2.10 bits per heavy atom. The average Bonchev–Trinajstić information content (AvgIpc) is 3.02. The van der Waals surface area contributed by atoms with Gasteiger partial charge in [-0.05, 0) is 80.1 Å². The van der Waals surface area contributed by atoms with E-state index in [-0.39, 0.29) is 29.7 Å². The number of para-hydroxylation sites is 1. The minimum atomic E-state index is -0.209. The quantitative estimate of drug-likeness (QED) is 0.218. The topological polar surface area (TPSA) is 70.7 Å². The second-order valence-corrected chi connectivity index (χ2v) is 11.1. The number of benzene rings is 4. The first-order valence-corrected chi connectivity index (χ1v) is 14.8. The number of hydrogen-bond acceptors (Lipinski definition) is 4. The van der Waals surface area contributed by atoms with Crippen molar-refractivity contribution in [3.63, 3.8) is 0 Å². The molecule has 1 saturated heterocycles. The molecule has 0 radical (unpaired) electrons. The van der Waals surface area contributed by atoms with Crippen molar-refractivity contribution in [3.8, 4) is 5.75 Å². The Bertz CT molecular complexity index is 1450. The van der Waals surface area contributed by atoms with Crippen molar-refractivity contribution in [2.24, 2.45) is 5.92 Å². The van der Waals surface area contributed by atoms with Gasteiger partial charge in [-0.3, -0.25) is 9.59 Å². The third-order valence-electron chi connectivity index (χ3n) is 7.74. The number of hydrogen-bond donors (Lipinski definition) is 2. The van der Waals surface area contributed by atoms with Gasteiger partial charge in [-0.25, -0.2) is 0 Å². The first kappa shape index (κ1) is 28.9. The highest BCUT2D eigenvalue weighted by Gasteiger charge is 2.33. The molecule has 0 spiro atoms. The van der Waals surface area contributed by atoms with Crippen LogP contribution >= 0.6 is 0 Å². The number of anilines is 2. The number of nitrogens with one attached hydrogen (secondary N) is 2. The summed E-state index contributed by atoms with van der Waals surface area (Å²) in [5.74, 6) is 0.591. The number of rotatable bonds is 10. The van der Waals surface area contributed by atoms with Crippen molar-refractivity contribution in [1.29, 1.82) is 0 Å². The van der Waals surface area contributed by atoms with Gasteiger partial charge in [0.15, 0.2) is 0 Å². The van der Waals surface area contributed by atoms with Crippen molar-refractivity contribution in [3.05, 3.63) is 126 Å². The van der Waals surface area contributed by atoms with Crippen LogP contribution in [0.15, 0.2) is 109 Å². The summed E-state index contributed by atoms with van der Waals surface area (Å²) in [5, 5.41) is 6.15. The molecule has 0 aromatic heterocycles. The van der Waals surface area contributed by atoms with E-state index in [9.17, 15) is 9.59 Å². The van der Waals surface area contributed by atoms with Crippen LogP contribution in [0.3, 0.4) is 0 Å². The number of carbonyl (C=O) groups is 2. The van der Waals surface area contributed by atoms with Crippen LogP contribution in [0.1, 0.15) is 54.1 Å². The van der Waals surface area contributed by atoms with E-state index in [0.29, 0.717) is 17.9 Å². The Labute approximate surface area is 248 Å². The standard InChI is InChI=1S/C36H39N3O3/c1-26(2)37-36(41)34(28-13-7-4-8-14-28)29-21-23-39(24-22-29)31-19-17-30(18-20-31)38-35(40)32-15-9-10-16-33(32)42-25-27-11-5-3-6-12-27/h3-20,26,29,34H,21-25H2,1-2H3,(H,37,41)(H,38,40). The van der Waals surface area contributed by atoms with E-state index in [1.807, 2.05) is 105 Å². The van der Waals surface area contributed by atoms with Gasteiger partial charge in [0.2, 0.25) is 5.91 Å². The van der Waals surface area contributed by atoms with Gasteiger partial charge in [-0.1, -0.05) is 72.8 Å². The van der Waals surface area contributed by atoms with Gasteiger partial charge < -0.3 is 20.3 Å². The maximum absolute atomic E-state index is 13.2. The molecule has 6 nitrogen and oxygen atoms in total. The number of ether oxygens (including phenoxy) is 1. The SMILES string of the molecule is CC(C)NC(=O)C(c1ccccc1)C1CCN(c2ccc(NC(=O)c3ccccc3OCc3ccccc3)cc2)CC1. The summed E-state index contributed by atoms with van der Waals surface area (Å²) in [6.07, 6.45) is 1.87. The maximum atomic E-state index is 13.2. The summed E-state index contributed by atoms with van der Waals surface area (Å²) in [6, 6.07) is 35.4. The minimum absolute atomic E-state index is 0.109. The van der Waals surface area contributed by atoms with Crippen molar-refractivity contribution in [1.82, 2.24) is 5.32 Å². The van der Waals surface area contributed by atoms with Crippen LogP contribution in [0.25, 0.3) is 0 Å². The largest absolute Gasteiger partial charge is 0.488 e. The predicted octanol–water partition coefficient (Wildman–Crippen LogP) is 7.04. The number of nitrogens with zero attached hydrogens (tertiary/aromatic N) is 1. The molecule has 6 heteroatoms. The normalized spacial score (nSPS) is 14.3. The second-order valence-electron chi connectivity index (χ2n) is 11.1. The lowest BCUT2D eigenvalue weighted by atomic mass is 9.79. The smallest absolute Gasteiger partial charge is 0.259 e. The van der Waals surface area contributed by atoms with Gasteiger partial charge in [-0.2, -0.15) is 0 Å². The summed E-state index contributed by atoms with van der Waals surface area (Å²) in [6.45, 7) is 6.16. The first-order chi connectivity index (χ1) is 20.5. The summed E-state index contributed by atoms with van der Waals surface area (Å²) >= 11 is 0. The minimum Gasteiger partial charge on any atom is -0.488 e. The third-order valence-corrected chi connectivity index (χ3v) is 7.74. The van der Waals surface area contributed by atoms with E-state index < -0.39 is 0 Å². The van der Waals surface area contributed by atoms with E-state index in [1.54, 1.807) is 6.07 Å². The zero-order valence-electron chi connectivity index (χ0n) is 24.3. The molecular formula is C36H39N3O3. The third kappa shape index (κ3) is 7.38. The molecule has 2 N–H and O–H groups in total. The predicted molar refractivity (Wildman–Crippen MR) is 169 cm³/mol. The lowest BCUT2D eigenvalue weighted by molar-refractivity contribution is -0.124. The Kier molecular flexibility index (Phi) is 9.55. The van der Waals surface area contributed by atoms with Crippen LogP contribution in [0.4, 0.5) is 11.4 Å². The number of carbonyl (C=O) groups excluding carboxylic acids is 2. The Morgan fingerprint density at radius 2 is 1.43 bits per heavy atom. The zero-order chi connectivity index (χ0) is 29.3. The molecule has 5 rings (SSSR count). The zero-order valence-corrected chi connectivity index (χ0v) is 24.3. The van der Waals surface area contributed by atoms with Crippen LogP contribution in [0.2, 0.25) is 0 Å². The van der Waals surface area contributed by atoms with Crippen molar-refractivity contribution in [2.45, 2.75) is 45.3 Å². The van der Waals surface area contributed by atoms with Gasteiger partial charge in [0, 0.05) is 30.5 Å². The van der Waals surface area contributed by atoms with Crippen LogP contribution in [-0.2, 0) is 11.4 Å². The van der Waals surface area contributed by atoms with Crippen LogP contribution in [-0.4, -0.2) is 30.9 Å². The number of amides is 2. The molecule has 1 heterocycles. The van der Waals surface area contributed by atoms with Crippen molar-refractivity contribution < 1.29 is 14.3 Å². The van der Waals surface area contributed by atoms with E-state index in [0.717, 1.165) is 48.4 Å². The van der Waals surface area contributed by atoms with Crippen LogP contribution in [0, 0.1) is 5.92 Å². The Hall–Kier alpha value is -4.58. The van der Waals surface area contributed by atoms with E-state index in [2.05, 4.69) is 27.7 Å². The molecule has 1 unspecified atom stereocenters. The van der Waals surface area contributed by atoms with E-state index in [4.69, 9.17) is 4.74 Å². The molecule has 0 saturated carbocycles. The van der Waals surface area contributed by atoms with Crippen molar-refractivity contribution >= 4 is 23.2 Å². The second kappa shape index (κ2) is 13.9. The summed E-state index contributed by atoms with van der Waals surface area (Å²) in [4.78, 5) is 28.7. The summed E-state index contributed by atoms with van der Waals surface area (Å²) < 4.78 is 5.98. The van der Waals surface area contributed by atoms with Gasteiger partial charge in [0.1, 0.15) is 12.4 Å². The highest BCUT2D eigenvalue weighted by atomic mass is 16.5. The summed E-state index contributed by atoms with van der Waals surface area (Å²) in [5.41, 5.74) is 4.46. The Morgan fingerprint density at radius 1 is 0.810 bits per heavy atom. The van der Waals surface area contributed by atoms with Crippen LogP contribution in [0.5, 0.6) is 5.75 Å². The van der Waals surface area contributed by atoms with Crippen LogP contribution < -0.4 is 20.3 Å². The Balaban J connectivity index is 1.19. The molecule has 42 heavy (non-hydrogen) atoms. The van der Waals surface area contributed by atoms with Gasteiger partial charge in [-0.15, -0.1) is 0 Å². The van der Waals surface area contributed by atoms with Gasteiger partial charge >= 0.3 is 0 Å². The molecule has 4 aromatic rings. The summed E-state index contributed by atoms with van der Waals surface area (Å²) in [7, 11) is 0. The van der Waals surface area contributed by atoms with E-state index >= 15 is 0 Å². The molecular weight excluding hydrogens is 522 g/mol. The first-order valence-electron chi connectivity index (χ1n) is 14.8. The molecule has 0 aliphatic carbocycles. The van der Waals surface area contributed by atoms with E-state index in [1.165, 1.54) is 0 Å². The fourth-order valence-corrected chi connectivity index (χ4v) is 5.63. The lowest BCUT2D eigenvalue weighted by Gasteiger charge is -2.37. The molecule has 4 aromatic carbocycles. The highest BCUT2D eigenvalue weighted by Crippen LogP contribution is 2.35. The molecule has 216 valence electrons. The monoisotopic (exact) mass is 561 g/mol.